The molecule has 0 aliphatic heterocycles. The van der Waals surface area contributed by atoms with Crippen LogP contribution in [0.3, 0.4) is 0 Å². The van der Waals surface area contributed by atoms with Crippen LogP contribution in [0.2, 0.25) is 0 Å². The largest absolute Gasteiger partial charge is 0.326 e. The van der Waals surface area contributed by atoms with Gasteiger partial charge in [0.25, 0.3) is 5.56 Å². The molecule has 0 saturated heterocycles. The number of thiophene rings is 1. The number of amides is 2. The maximum absolute atomic E-state index is 13.0. The Hall–Kier alpha value is -3.85. The number of carbonyl (C=O) groups excluding carboxylic acids is 2. The van der Waals surface area contributed by atoms with Crippen LogP contribution in [0, 0.1) is 0 Å². The molecule has 8 nitrogen and oxygen atoms in total. The molecule has 2 amide bonds. The fourth-order valence-electron chi connectivity index (χ4n) is 3.06. The summed E-state index contributed by atoms with van der Waals surface area (Å²) < 4.78 is 1.09. The lowest BCUT2D eigenvalue weighted by atomic mass is 10.2. The predicted octanol–water partition coefficient (Wildman–Crippen LogP) is 3.68. The topological polar surface area (TPSA) is 106 Å². The highest BCUT2D eigenvalue weighted by molar-refractivity contribution is 7.21. The molecule has 4 rings (SSSR count). The molecule has 0 bridgehead atoms. The van der Waals surface area contributed by atoms with Crippen LogP contribution in [0.5, 0.6) is 0 Å². The van der Waals surface area contributed by atoms with Gasteiger partial charge in [0.05, 0.1) is 5.39 Å². The van der Waals surface area contributed by atoms with Crippen molar-refractivity contribution in [3.63, 3.8) is 0 Å². The van der Waals surface area contributed by atoms with Gasteiger partial charge in [-0.3, -0.25) is 14.4 Å². The Morgan fingerprint density at radius 1 is 1.00 bits per heavy atom. The second kappa shape index (κ2) is 8.49. The molecule has 1 unspecified atom stereocenters. The zero-order valence-electron chi connectivity index (χ0n) is 16.8. The fraction of sp³-hybridized carbons (Fsp3) is 0.136. The molecule has 2 N–H and O–H groups in total. The summed E-state index contributed by atoms with van der Waals surface area (Å²) in [6, 6.07) is 17.3. The first-order chi connectivity index (χ1) is 14.9. The lowest BCUT2D eigenvalue weighted by Gasteiger charge is -2.13. The number of aromatic nitrogens is 3. The molecule has 0 fully saturated rings. The Morgan fingerprint density at radius 2 is 1.65 bits per heavy atom. The molecule has 31 heavy (non-hydrogen) atoms. The SMILES string of the molecule is CC(=O)Nc1ccc(NC(=O)C(C)n2nnc3sc(-c4ccccc4)cc3c2=O)cc1. The Bertz CT molecular complexity index is 1310. The standard InChI is InChI=1S/C22H19N5O3S/c1-13(20(29)24-17-10-8-16(9-11-17)23-14(2)28)27-22(30)18-12-19(31-21(18)25-26-27)15-6-4-3-5-7-15/h3-13H,1-2H3,(H,23,28)(H,24,29). The molecule has 2 aromatic carbocycles. The van der Waals surface area contributed by atoms with Gasteiger partial charge in [0.2, 0.25) is 11.8 Å². The molecule has 2 heterocycles. The number of benzene rings is 2. The highest BCUT2D eigenvalue weighted by Crippen LogP contribution is 2.30. The summed E-state index contributed by atoms with van der Waals surface area (Å²) in [6.07, 6.45) is 0. The van der Waals surface area contributed by atoms with Gasteiger partial charge in [-0.2, -0.15) is 4.68 Å². The number of fused-ring (bicyclic) bond motifs is 1. The summed E-state index contributed by atoms with van der Waals surface area (Å²) in [7, 11) is 0. The first-order valence-corrected chi connectivity index (χ1v) is 10.4. The van der Waals surface area contributed by atoms with Crippen LogP contribution in [0.4, 0.5) is 11.4 Å². The van der Waals surface area contributed by atoms with Gasteiger partial charge >= 0.3 is 0 Å². The van der Waals surface area contributed by atoms with E-state index in [0.29, 0.717) is 21.6 Å². The van der Waals surface area contributed by atoms with Crippen LogP contribution in [0.25, 0.3) is 20.7 Å². The van der Waals surface area contributed by atoms with Gasteiger partial charge in [-0.15, -0.1) is 16.4 Å². The van der Waals surface area contributed by atoms with Crippen LogP contribution >= 0.6 is 11.3 Å². The number of nitrogens with zero attached hydrogens (tertiary/aromatic N) is 3. The predicted molar refractivity (Wildman–Crippen MR) is 121 cm³/mol. The van der Waals surface area contributed by atoms with E-state index < -0.39 is 11.9 Å². The van der Waals surface area contributed by atoms with Crippen LogP contribution in [0.1, 0.15) is 19.9 Å². The third-order valence-corrected chi connectivity index (χ3v) is 5.73. The lowest BCUT2D eigenvalue weighted by Crippen LogP contribution is -2.33. The number of hydrogen-bond acceptors (Lipinski definition) is 6. The third kappa shape index (κ3) is 4.36. The normalized spacial score (nSPS) is 11.8. The molecule has 0 aliphatic carbocycles. The van der Waals surface area contributed by atoms with Gasteiger partial charge in [-0.05, 0) is 42.8 Å². The molecule has 4 aromatic rings. The Kier molecular flexibility index (Phi) is 5.59. The minimum atomic E-state index is -0.862. The van der Waals surface area contributed by atoms with Gasteiger partial charge in [0.15, 0.2) is 4.83 Å². The second-order valence-corrected chi connectivity index (χ2v) is 7.99. The van der Waals surface area contributed by atoms with Crippen molar-refractivity contribution >= 4 is 44.7 Å². The molecule has 1 atom stereocenters. The van der Waals surface area contributed by atoms with Gasteiger partial charge in [0.1, 0.15) is 6.04 Å². The molecular formula is C22H19N5O3S. The molecule has 0 aliphatic rings. The van der Waals surface area contributed by atoms with Crippen LogP contribution in [-0.4, -0.2) is 26.8 Å². The van der Waals surface area contributed by atoms with E-state index in [-0.39, 0.29) is 11.5 Å². The van der Waals surface area contributed by atoms with Crippen molar-refractivity contribution in [3.05, 3.63) is 71.0 Å². The maximum Gasteiger partial charge on any atom is 0.279 e. The van der Waals surface area contributed by atoms with Gasteiger partial charge in [0, 0.05) is 23.2 Å². The summed E-state index contributed by atoms with van der Waals surface area (Å²) in [5.41, 5.74) is 1.78. The summed E-state index contributed by atoms with van der Waals surface area (Å²) >= 11 is 1.38. The number of nitrogens with one attached hydrogen (secondary N) is 2. The van der Waals surface area contributed by atoms with Gasteiger partial charge in [-0.1, -0.05) is 35.5 Å². The average Bonchev–Trinajstić information content (AvgIpc) is 3.20. The van der Waals surface area contributed by atoms with Crippen LogP contribution < -0.4 is 16.2 Å². The Balaban J connectivity index is 1.56. The van der Waals surface area contributed by atoms with E-state index in [4.69, 9.17) is 0 Å². The molecule has 2 aromatic heterocycles. The number of hydrogen-bond donors (Lipinski definition) is 2. The highest BCUT2D eigenvalue weighted by Gasteiger charge is 2.20. The van der Waals surface area contributed by atoms with Crippen LogP contribution in [0.15, 0.2) is 65.5 Å². The summed E-state index contributed by atoms with van der Waals surface area (Å²) in [4.78, 5) is 38.2. The van der Waals surface area contributed by atoms with Crippen molar-refractivity contribution in [3.8, 4) is 10.4 Å². The zero-order chi connectivity index (χ0) is 22.0. The molecule has 156 valence electrons. The van der Waals surface area contributed by atoms with E-state index in [1.807, 2.05) is 30.3 Å². The molecule has 0 saturated carbocycles. The van der Waals surface area contributed by atoms with E-state index in [0.717, 1.165) is 15.1 Å². The van der Waals surface area contributed by atoms with Crippen LogP contribution in [-0.2, 0) is 9.59 Å². The van der Waals surface area contributed by atoms with Crippen molar-refractivity contribution in [2.45, 2.75) is 19.9 Å². The minimum absolute atomic E-state index is 0.178. The molecular weight excluding hydrogens is 414 g/mol. The smallest absolute Gasteiger partial charge is 0.279 e. The number of carbonyl (C=O) groups is 2. The fourth-order valence-corrected chi connectivity index (χ4v) is 4.03. The number of rotatable bonds is 5. The Morgan fingerprint density at radius 3 is 2.29 bits per heavy atom. The van der Waals surface area contributed by atoms with Crippen molar-refractivity contribution in [2.75, 3.05) is 10.6 Å². The second-order valence-electron chi connectivity index (χ2n) is 6.96. The van der Waals surface area contributed by atoms with E-state index in [1.165, 1.54) is 18.3 Å². The Labute approximate surface area is 181 Å². The van der Waals surface area contributed by atoms with E-state index in [2.05, 4.69) is 20.9 Å². The molecule has 0 radical (unpaired) electrons. The summed E-state index contributed by atoms with van der Waals surface area (Å²) in [5.74, 6) is -0.579. The summed E-state index contributed by atoms with van der Waals surface area (Å²) in [6.45, 7) is 3.01. The lowest BCUT2D eigenvalue weighted by molar-refractivity contribution is -0.119. The zero-order valence-corrected chi connectivity index (χ0v) is 17.6. The monoisotopic (exact) mass is 433 g/mol. The van der Waals surface area contributed by atoms with Gasteiger partial charge in [-0.25, -0.2) is 0 Å². The number of anilines is 2. The van der Waals surface area contributed by atoms with Gasteiger partial charge < -0.3 is 10.6 Å². The third-order valence-electron chi connectivity index (χ3n) is 4.66. The average molecular weight is 433 g/mol. The maximum atomic E-state index is 13.0. The van der Waals surface area contributed by atoms with Crippen molar-refractivity contribution in [1.29, 1.82) is 0 Å². The quantitative estimate of drug-likeness (QED) is 0.499. The molecule has 0 spiro atoms. The van der Waals surface area contributed by atoms with Crippen molar-refractivity contribution in [1.82, 2.24) is 15.0 Å². The van der Waals surface area contributed by atoms with Crippen molar-refractivity contribution in [2.24, 2.45) is 0 Å². The van der Waals surface area contributed by atoms with E-state index >= 15 is 0 Å². The first kappa shape index (κ1) is 20.4. The minimum Gasteiger partial charge on any atom is -0.326 e. The first-order valence-electron chi connectivity index (χ1n) is 9.55. The van der Waals surface area contributed by atoms with E-state index in [9.17, 15) is 14.4 Å². The highest BCUT2D eigenvalue weighted by atomic mass is 32.1. The van der Waals surface area contributed by atoms with Crippen molar-refractivity contribution < 1.29 is 9.59 Å². The molecule has 9 heteroatoms. The van der Waals surface area contributed by atoms with E-state index in [1.54, 1.807) is 37.3 Å². The summed E-state index contributed by atoms with van der Waals surface area (Å²) in [5, 5.41) is 14.0.